The normalized spacial score (nSPS) is 12.1. The molecular weight excluding hydrogens is 240 g/mol. The summed E-state index contributed by atoms with van der Waals surface area (Å²) in [5, 5.41) is 6.24. The first-order valence-corrected chi connectivity index (χ1v) is 6.77. The number of carbonyl (C=O) groups excluding carboxylic acids is 1. The predicted molar refractivity (Wildman–Crippen MR) is 76.8 cm³/mol. The quantitative estimate of drug-likeness (QED) is 0.665. The van der Waals surface area contributed by atoms with Crippen molar-refractivity contribution in [3.63, 3.8) is 0 Å². The Morgan fingerprint density at radius 1 is 1.32 bits per heavy atom. The van der Waals surface area contributed by atoms with E-state index in [0.29, 0.717) is 12.5 Å². The molecule has 1 aromatic rings. The van der Waals surface area contributed by atoms with Crippen LogP contribution in [0.5, 0.6) is 0 Å². The lowest BCUT2D eigenvalue weighted by molar-refractivity contribution is -0.143. The third kappa shape index (κ3) is 7.59. The van der Waals surface area contributed by atoms with Crippen molar-refractivity contribution in [3.8, 4) is 0 Å². The van der Waals surface area contributed by atoms with Crippen molar-refractivity contribution in [3.05, 3.63) is 35.9 Å². The third-order valence-corrected chi connectivity index (χ3v) is 2.89. The van der Waals surface area contributed by atoms with Gasteiger partial charge < -0.3 is 15.4 Å². The molecule has 1 atom stereocenters. The lowest BCUT2D eigenvalue weighted by atomic mass is 10.1. The van der Waals surface area contributed by atoms with E-state index in [1.54, 1.807) is 0 Å². The average Bonchev–Trinajstić information content (AvgIpc) is 2.44. The van der Waals surface area contributed by atoms with Gasteiger partial charge in [0.25, 0.3) is 0 Å². The van der Waals surface area contributed by atoms with Gasteiger partial charge in [-0.05, 0) is 38.0 Å². The Bertz CT molecular complexity index is 354. The maximum absolute atomic E-state index is 11.5. The third-order valence-electron chi connectivity index (χ3n) is 2.89. The average molecular weight is 264 g/mol. The van der Waals surface area contributed by atoms with E-state index < -0.39 is 0 Å². The lowest BCUT2D eigenvalue weighted by Crippen LogP contribution is -2.29. The van der Waals surface area contributed by atoms with Crippen LogP contribution < -0.4 is 10.6 Å². The summed E-state index contributed by atoms with van der Waals surface area (Å²) in [5.41, 5.74) is 1.01. The van der Waals surface area contributed by atoms with Gasteiger partial charge in [0.1, 0.15) is 6.61 Å². The molecule has 0 fully saturated rings. The van der Waals surface area contributed by atoms with Gasteiger partial charge in [0.2, 0.25) is 0 Å². The van der Waals surface area contributed by atoms with Gasteiger partial charge in [-0.3, -0.25) is 4.79 Å². The van der Waals surface area contributed by atoms with E-state index in [1.807, 2.05) is 37.4 Å². The summed E-state index contributed by atoms with van der Waals surface area (Å²) in [7, 11) is 1.95. The molecule has 19 heavy (non-hydrogen) atoms. The molecule has 0 heterocycles. The van der Waals surface area contributed by atoms with E-state index in [9.17, 15) is 4.79 Å². The van der Waals surface area contributed by atoms with Crippen molar-refractivity contribution in [1.29, 1.82) is 0 Å². The monoisotopic (exact) mass is 264 g/mol. The van der Waals surface area contributed by atoms with E-state index in [0.717, 1.165) is 25.1 Å². The van der Waals surface area contributed by atoms with E-state index in [-0.39, 0.29) is 12.5 Å². The van der Waals surface area contributed by atoms with Crippen LogP contribution >= 0.6 is 0 Å². The highest BCUT2D eigenvalue weighted by atomic mass is 16.5. The van der Waals surface area contributed by atoms with E-state index in [2.05, 4.69) is 17.6 Å². The Kier molecular flexibility index (Phi) is 7.86. The molecule has 2 N–H and O–H groups in total. The highest BCUT2D eigenvalue weighted by Gasteiger charge is 2.05. The number of benzene rings is 1. The number of carbonyl (C=O) groups is 1. The molecule has 0 spiro atoms. The molecule has 4 heteroatoms. The standard InChI is InChI=1S/C15H24N2O2/c1-13(8-9-16-2)10-17-11-15(18)19-12-14-6-4-3-5-7-14/h3-7,13,16-17H,8-12H2,1-2H3. The summed E-state index contributed by atoms with van der Waals surface area (Å²) in [5.74, 6) is 0.346. The molecule has 0 aliphatic carbocycles. The first-order chi connectivity index (χ1) is 9.22. The van der Waals surface area contributed by atoms with Crippen LogP contribution in [-0.4, -0.2) is 32.7 Å². The van der Waals surface area contributed by atoms with E-state index in [1.165, 1.54) is 0 Å². The zero-order chi connectivity index (χ0) is 13.9. The highest BCUT2D eigenvalue weighted by Crippen LogP contribution is 2.01. The minimum atomic E-state index is -0.204. The zero-order valence-corrected chi connectivity index (χ0v) is 11.8. The summed E-state index contributed by atoms with van der Waals surface area (Å²) < 4.78 is 5.18. The van der Waals surface area contributed by atoms with Gasteiger partial charge in [-0.1, -0.05) is 37.3 Å². The molecule has 0 radical (unpaired) electrons. The molecule has 0 aromatic heterocycles. The molecule has 0 bridgehead atoms. The van der Waals surface area contributed by atoms with Gasteiger partial charge in [-0.2, -0.15) is 0 Å². The molecule has 0 aliphatic rings. The minimum absolute atomic E-state index is 0.204. The van der Waals surface area contributed by atoms with Gasteiger partial charge in [-0.25, -0.2) is 0 Å². The largest absolute Gasteiger partial charge is 0.460 e. The Hall–Kier alpha value is -1.39. The Balaban J connectivity index is 2.08. The molecule has 1 aromatic carbocycles. The molecule has 0 amide bonds. The van der Waals surface area contributed by atoms with Crippen LogP contribution in [-0.2, 0) is 16.1 Å². The van der Waals surface area contributed by atoms with Crippen LogP contribution in [0.1, 0.15) is 18.9 Å². The Morgan fingerprint density at radius 2 is 2.05 bits per heavy atom. The molecule has 4 nitrogen and oxygen atoms in total. The number of hydrogen-bond donors (Lipinski definition) is 2. The molecule has 0 aliphatic heterocycles. The topological polar surface area (TPSA) is 50.4 Å². The van der Waals surface area contributed by atoms with Crippen LogP contribution in [0.15, 0.2) is 30.3 Å². The van der Waals surface area contributed by atoms with Crippen LogP contribution in [0.2, 0.25) is 0 Å². The number of ether oxygens (including phenoxy) is 1. The minimum Gasteiger partial charge on any atom is -0.460 e. The van der Waals surface area contributed by atoms with Gasteiger partial charge in [-0.15, -0.1) is 0 Å². The second-order valence-corrected chi connectivity index (χ2v) is 4.77. The lowest BCUT2D eigenvalue weighted by Gasteiger charge is -2.12. The van der Waals surface area contributed by atoms with Crippen LogP contribution in [0.25, 0.3) is 0 Å². The molecular formula is C15H24N2O2. The van der Waals surface area contributed by atoms with Crippen LogP contribution in [0.3, 0.4) is 0 Å². The zero-order valence-electron chi connectivity index (χ0n) is 11.8. The molecule has 106 valence electrons. The molecule has 1 rings (SSSR count). The summed E-state index contributed by atoms with van der Waals surface area (Å²) in [4.78, 5) is 11.5. The SMILES string of the molecule is CNCCC(C)CNCC(=O)OCc1ccccc1. The summed E-state index contributed by atoms with van der Waals surface area (Å²) >= 11 is 0. The fraction of sp³-hybridized carbons (Fsp3) is 0.533. The van der Waals surface area contributed by atoms with Crippen molar-refractivity contribution >= 4 is 5.97 Å². The van der Waals surface area contributed by atoms with Crippen LogP contribution in [0, 0.1) is 5.92 Å². The molecule has 0 saturated heterocycles. The Morgan fingerprint density at radius 3 is 2.74 bits per heavy atom. The van der Waals surface area contributed by atoms with Crippen molar-refractivity contribution < 1.29 is 9.53 Å². The predicted octanol–water partition coefficient (Wildman–Crippen LogP) is 1.56. The first-order valence-electron chi connectivity index (χ1n) is 6.77. The van der Waals surface area contributed by atoms with Crippen molar-refractivity contribution in [1.82, 2.24) is 10.6 Å². The fourth-order valence-electron chi connectivity index (χ4n) is 1.70. The summed E-state index contributed by atoms with van der Waals surface area (Å²) in [6.07, 6.45) is 1.10. The Labute approximate surface area is 115 Å². The van der Waals surface area contributed by atoms with E-state index >= 15 is 0 Å². The summed E-state index contributed by atoms with van der Waals surface area (Å²) in [6.45, 7) is 4.62. The molecule has 0 saturated carbocycles. The number of rotatable bonds is 9. The number of esters is 1. The smallest absolute Gasteiger partial charge is 0.320 e. The maximum Gasteiger partial charge on any atom is 0.320 e. The second-order valence-electron chi connectivity index (χ2n) is 4.77. The number of nitrogens with one attached hydrogen (secondary N) is 2. The van der Waals surface area contributed by atoms with Gasteiger partial charge >= 0.3 is 5.97 Å². The highest BCUT2D eigenvalue weighted by molar-refractivity contribution is 5.71. The number of hydrogen-bond acceptors (Lipinski definition) is 4. The van der Waals surface area contributed by atoms with Gasteiger partial charge in [0.15, 0.2) is 0 Å². The van der Waals surface area contributed by atoms with Gasteiger partial charge in [0, 0.05) is 0 Å². The second kappa shape index (κ2) is 9.53. The fourth-order valence-corrected chi connectivity index (χ4v) is 1.70. The molecule has 1 unspecified atom stereocenters. The van der Waals surface area contributed by atoms with Crippen molar-refractivity contribution in [2.24, 2.45) is 5.92 Å². The van der Waals surface area contributed by atoms with Gasteiger partial charge in [0.05, 0.1) is 6.54 Å². The summed E-state index contributed by atoms with van der Waals surface area (Å²) in [6, 6.07) is 9.70. The van der Waals surface area contributed by atoms with Crippen molar-refractivity contribution in [2.45, 2.75) is 20.0 Å². The maximum atomic E-state index is 11.5. The van der Waals surface area contributed by atoms with Crippen molar-refractivity contribution in [2.75, 3.05) is 26.7 Å². The first kappa shape index (κ1) is 15.7. The van der Waals surface area contributed by atoms with E-state index in [4.69, 9.17) is 4.74 Å². The van der Waals surface area contributed by atoms with Crippen LogP contribution in [0.4, 0.5) is 0 Å².